The number of nitrogens with zero attached hydrogens (tertiary/aromatic N) is 3. The molecular formula is C17H16Br3N3O6. The van der Waals surface area contributed by atoms with Crippen LogP contribution >= 0.6 is 47.8 Å². The van der Waals surface area contributed by atoms with Crippen molar-refractivity contribution in [3.63, 3.8) is 0 Å². The number of anilines is 2. The number of hydrogen-bond donors (Lipinski definition) is 0. The smallest absolute Gasteiger partial charge is 0.325 e. The van der Waals surface area contributed by atoms with Crippen molar-refractivity contribution in [1.82, 2.24) is 5.06 Å². The number of amides is 4. The van der Waals surface area contributed by atoms with Gasteiger partial charge >= 0.3 is 5.97 Å². The van der Waals surface area contributed by atoms with Gasteiger partial charge in [0.15, 0.2) is 0 Å². The molecule has 1 aromatic rings. The van der Waals surface area contributed by atoms with Gasteiger partial charge in [0.1, 0.15) is 0 Å². The van der Waals surface area contributed by atoms with Crippen LogP contribution in [-0.2, 0) is 24.0 Å². The molecule has 0 aliphatic carbocycles. The van der Waals surface area contributed by atoms with Crippen molar-refractivity contribution >= 4 is 88.8 Å². The molecule has 0 N–H and O–H groups in total. The molecule has 0 spiro atoms. The van der Waals surface area contributed by atoms with E-state index in [1.165, 1.54) is 37.7 Å². The van der Waals surface area contributed by atoms with Gasteiger partial charge in [0.25, 0.3) is 11.8 Å². The number of halogens is 3. The third-order valence-electron chi connectivity index (χ3n) is 4.27. The van der Waals surface area contributed by atoms with E-state index in [0.717, 1.165) is 0 Å². The maximum Gasteiger partial charge on any atom is 0.366 e. The summed E-state index contributed by atoms with van der Waals surface area (Å²) in [7, 11) is 2.97. The SMILES string of the molecule is CC(=O)N(C)c1c(Br)c(C(=O)ON2C(=O)CCC2=O)c(Br)c(N(C)C(C)=O)c1Br. The van der Waals surface area contributed by atoms with Crippen molar-refractivity contribution < 1.29 is 28.8 Å². The van der Waals surface area contributed by atoms with Crippen LogP contribution in [0.4, 0.5) is 11.4 Å². The first-order valence-corrected chi connectivity index (χ1v) is 10.5. The second-order valence-corrected chi connectivity index (χ2v) is 8.51. The monoisotopic (exact) mass is 595 g/mol. The zero-order chi connectivity index (χ0) is 22.2. The van der Waals surface area contributed by atoms with E-state index in [9.17, 15) is 24.0 Å². The Balaban J connectivity index is 2.71. The zero-order valence-corrected chi connectivity index (χ0v) is 20.6. The molecule has 0 atom stereocenters. The number of hydrogen-bond acceptors (Lipinski definition) is 6. The predicted octanol–water partition coefficient (Wildman–Crippen LogP) is 3.16. The Kier molecular flexibility index (Phi) is 7.23. The van der Waals surface area contributed by atoms with Crippen molar-refractivity contribution in [2.45, 2.75) is 26.7 Å². The second kappa shape index (κ2) is 8.92. The van der Waals surface area contributed by atoms with Gasteiger partial charge in [-0.1, -0.05) is 0 Å². The Morgan fingerprint density at radius 2 is 1.21 bits per heavy atom. The molecule has 0 radical (unpaired) electrons. The van der Waals surface area contributed by atoms with Crippen molar-refractivity contribution in [2.24, 2.45) is 0 Å². The van der Waals surface area contributed by atoms with E-state index in [4.69, 9.17) is 4.84 Å². The first-order valence-electron chi connectivity index (χ1n) is 8.17. The molecule has 156 valence electrons. The van der Waals surface area contributed by atoms with E-state index in [-0.39, 0.29) is 50.5 Å². The highest BCUT2D eigenvalue weighted by atomic mass is 79.9. The third-order valence-corrected chi connectivity index (χ3v) is 6.57. The molecule has 0 aromatic heterocycles. The lowest BCUT2D eigenvalue weighted by molar-refractivity contribution is -0.172. The van der Waals surface area contributed by atoms with Crippen molar-refractivity contribution in [2.75, 3.05) is 23.9 Å². The summed E-state index contributed by atoms with van der Waals surface area (Å²) in [6.07, 6.45) is -0.100. The number of benzene rings is 1. The first kappa shape index (κ1) is 23.5. The first-order chi connectivity index (χ1) is 13.4. The molecule has 1 heterocycles. The predicted molar refractivity (Wildman–Crippen MR) is 114 cm³/mol. The fraction of sp³-hybridized carbons (Fsp3) is 0.353. The van der Waals surface area contributed by atoms with E-state index >= 15 is 0 Å². The number of carbonyl (C=O) groups is 5. The number of rotatable bonds is 4. The summed E-state index contributed by atoms with van der Waals surface area (Å²) >= 11 is 10.0. The van der Waals surface area contributed by atoms with Crippen LogP contribution in [0.1, 0.15) is 37.0 Å². The van der Waals surface area contributed by atoms with E-state index < -0.39 is 17.8 Å². The van der Waals surface area contributed by atoms with Crippen LogP contribution in [0.3, 0.4) is 0 Å². The van der Waals surface area contributed by atoms with Crippen LogP contribution in [0, 0.1) is 0 Å². The molecule has 0 bridgehead atoms. The Morgan fingerprint density at radius 1 is 0.828 bits per heavy atom. The summed E-state index contributed by atoms with van der Waals surface area (Å²) in [5.74, 6) is -2.95. The topological polar surface area (TPSA) is 104 Å². The summed E-state index contributed by atoms with van der Waals surface area (Å²) in [6.45, 7) is 2.66. The minimum absolute atomic E-state index is 0.0502. The Morgan fingerprint density at radius 3 is 1.55 bits per heavy atom. The van der Waals surface area contributed by atoms with Crippen LogP contribution in [0.25, 0.3) is 0 Å². The van der Waals surface area contributed by atoms with Crippen LogP contribution < -0.4 is 9.80 Å². The fourth-order valence-corrected chi connectivity index (χ4v) is 5.88. The van der Waals surface area contributed by atoms with E-state index in [1.807, 2.05) is 0 Å². The zero-order valence-electron chi connectivity index (χ0n) is 15.8. The molecule has 29 heavy (non-hydrogen) atoms. The number of hydroxylamine groups is 2. The minimum atomic E-state index is -1.02. The van der Waals surface area contributed by atoms with Gasteiger partial charge in [-0.25, -0.2) is 4.79 Å². The Hall–Kier alpha value is -1.79. The van der Waals surface area contributed by atoms with Gasteiger partial charge in [0.2, 0.25) is 11.8 Å². The molecule has 1 aliphatic rings. The molecule has 12 heteroatoms. The van der Waals surface area contributed by atoms with E-state index in [1.54, 1.807) is 0 Å². The molecular weight excluding hydrogens is 582 g/mol. The average molecular weight is 598 g/mol. The fourth-order valence-electron chi connectivity index (χ4n) is 2.51. The van der Waals surface area contributed by atoms with Gasteiger partial charge < -0.3 is 14.6 Å². The molecule has 0 unspecified atom stereocenters. The quantitative estimate of drug-likeness (QED) is 0.494. The molecule has 1 fully saturated rings. The lowest BCUT2D eigenvalue weighted by Gasteiger charge is -2.27. The van der Waals surface area contributed by atoms with Crippen molar-refractivity contribution in [3.05, 3.63) is 19.0 Å². The molecule has 4 amide bonds. The highest BCUT2D eigenvalue weighted by Crippen LogP contribution is 2.48. The molecule has 1 aromatic carbocycles. The average Bonchev–Trinajstić information content (AvgIpc) is 2.93. The van der Waals surface area contributed by atoms with E-state index in [2.05, 4.69) is 47.8 Å². The third kappa shape index (κ3) is 4.38. The van der Waals surface area contributed by atoms with Gasteiger partial charge in [0.05, 0.1) is 30.4 Å². The van der Waals surface area contributed by atoms with Crippen LogP contribution in [-0.4, -0.2) is 48.8 Å². The molecule has 0 saturated carbocycles. The van der Waals surface area contributed by atoms with Crippen LogP contribution in [0.2, 0.25) is 0 Å². The maximum absolute atomic E-state index is 12.9. The summed E-state index contributed by atoms with van der Waals surface area (Å²) < 4.78 is 0.689. The van der Waals surface area contributed by atoms with Gasteiger partial charge in [-0.2, -0.15) is 0 Å². The second-order valence-electron chi connectivity index (χ2n) is 6.13. The normalized spacial score (nSPS) is 13.6. The van der Waals surface area contributed by atoms with Crippen LogP contribution in [0.15, 0.2) is 13.4 Å². The lowest BCUT2D eigenvalue weighted by atomic mass is 10.1. The Bertz CT molecular complexity index is 886. The molecule has 1 aliphatic heterocycles. The largest absolute Gasteiger partial charge is 0.366 e. The van der Waals surface area contributed by atoms with E-state index in [0.29, 0.717) is 9.54 Å². The number of carbonyl (C=O) groups excluding carboxylic acids is 5. The molecule has 2 rings (SSSR count). The standard InChI is InChI=1S/C17H16Br3N3O6/c1-7(24)21(3)15-12(18)11(13(19)16(14(15)20)22(4)8(2)25)17(28)29-23-9(26)5-6-10(23)27/h5-6H2,1-4H3. The maximum atomic E-state index is 12.9. The molecule has 1 saturated heterocycles. The van der Waals surface area contributed by atoms with Crippen LogP contribution in [0.5, 0.6) is 0 Å². The van der Waals surface area contributed by atoms with Gasteiger partial charge in [-0.05, 0) is 47.8 Å². The molecule has 9 nitrogen and oxygen atoms in total. The lowest BCUT2D eigenvalue weighted by Crippen LogP contribution is -2.33. The minimum Gasteiger partial charge on any atom is -0.325 e. The highest BCUT2D eigenvalue weighted by Gasteiger charge is 2.36. The Labute approximate surface area is 191 Å². The summed E-state index contributed by atoms with van der Waals surface area (Å²) in [4.78, 5) is 68.0. The summed E-state index contributed by atoms with van der Waals surface area (Å²) in [6, 6.07) is 0. The number of imide groups is 1. The highest BCUT2D eigenvalue weighted by molar-refractivity contribution is 9.12. The summed E-state index contributed by atoms with van der Waals surface area (Å²) in [5, 5.41) is 0.423. The van der Waals surface area contributed by atoms with Crippen molar-refractivity contribution in [1.29, 1.82) is 0 Å². The van der Waals surface area contributed by atoms with Gasteiger partial charge in [0, 0.05) is 40.8 Å². The van der Waals surface area contributed by atoms with Crippen molar-refractivity contribution in [3.8, 4) is 0 Å². The summed E-state index contributed by atoms with van der Waals surface area (Å²) in [5.41, 5.74) is 0.413. The van der Waals surface area contributed by atoms with Gasteiger partial charge in [-0.3, -0.25) is 19.2 Å². The van der Waals surface area contributed by atoms with Gasteiger partial charge in [-0.15, -0.1) is 5.06 Å².